The normalized spacial score (nSPS) is 18.4. The second-order valence-corrected chi connectivity index (χ2v) is 8.65. The monoisotopic (exact) mass is 429 g/mol. The average Bonchev–Trinajstić information content (AvgIpc) is 3.22. The largest absolute Gasteiger partial charge is 0.345 e. The molecular formula is C23H28FN3O2S. The van der Waals surface area contributed by atoms with Gasteiger partial charge in [0, 0.05) is 36.1 Å². The molecule has 1 heterocycles. The van der Waals surface area contributed by atoms with E-state index in [2.05, 4.69) is 23.0 Å². The van der Waals surface area contributed by atoms with E-state index in [1.54, 1.807) is 24.1 Å². The van der Waals surface area contributed by atoms with Gasteiger partial charge in [0.15, 0.2) is 5.78 Å². The molecule has 0 spiro atoms. The van der Waals surface area contributed by atoms with E-state index in [9.17, 15) is 14.0 Å². The van der Waals surface area contributed by atoms with Crippen molar-refractivity contribution >= 4 is 23.5 Å². The maximum atomic E-state index is 14.1. The van der Waals surface area contributed by atoms with Gasteiger partial charge in [-0.25, -0.2) is 4.39 Å². The SMILES string of the molecule is CC(=O)c1ccc(SCC(=O)N(C)CCCC2CC(c3ccccc3)NN2)c(F)c1. The second-order valence-electron chi connectivity index (χ2n) is 7.63. The highest BCUT2D eigenvalue weighted by Gasteiger charge is 2.24. The topological polar surface area (TPSA) is 61.4 Å². The molecule has 2 N–H and O–H groups in total. The number of halogens is 1. The number of hydrogen-bond donors (Lipinski definition) is 2. The van der Waals surface area contributed by atoms with E-state index in [-0.39, 0.29) is 17.4 Å². The highest BCUT2D eigenvalue weighted by atomic mass is 32.2. The predicted octanol–water partition coefficient (Wildman–Crippen LogP) is 3.97. The third-order valence-corrected chi connectivity index (χ3v) is 6.38. The van der Waals surface area contributed by atoms with Crippen molar-refractivity contribution in [3.05, 3.63) is 65.5 Å². The van der Waals surface area contributed by atoms with E-state index in [0.717, 1.165) is 31.0 Å². The number of nitrogens with one attached hydrogen (secondary N) is 2. The van der Waals surface area contributed by atoms with Gasteiger partial charge in [0.2, 0.25) is 5.91 Å². The van der Waals surface area contributed by atoms with Crippen molar-refractivity contribution in [1.29, 1.82) is 0 Å². The third-order valence-electron chi connectivity index (χ3n) is 5.35. The summed E-state index contributed by atoms with van der Waals surface area (Å²) >= 11 is 1.16. The number of hydrogen-bond acceptors (Lipinski definition) is 5. The minimum absolute atomic E-state index is 0.0327. The summed E-state index contributed by atoms with van der Waals surface area (Å²) in [6, 6.07) is 15.4. The van der Waals surface area contributed by atoms with Gasteiger partial charge in [-0.2, -0.15) is 0 Å². The Morgan fingerprint density at radius 3 is 2.63 bits per heavy atom. The fourth-order valence-electron chi connectivity index (χ4n) is 3.50. The maximum absolute atomic E-state index is 14.1. The van der Waals surface area contributed by atoms with Gasteiger partial charge in [0.05, 0.1) is 5.75 Å². The predicted molar refractivity (Wildman–Crippen MR) is 118 cm³/mol. The van der Waals surface area contributed by atoms with Gasteiger partial charge in [-0.3, -0.25) is 20.4 Å². The first-order valence-electron chi connectivity index (χ1n) is 10.2. The number of Topliss-reactive ketones (excluding diaryl/α,β-unsaturated/α-hetero) is 1. The summed E-state index contributed by atoms with van der Waals surface area (Å²) in [4.78, 5) is 25.8. The fraction of sp³-hybridized carbons (Fsp3) is 0.391. The molecule has 5 nitrogen and oxygen atoms in total. The van der Waals surface area contributed by atoms with Gasteiger partial charge in [-0.05, 0) is 43.9 Å². The second kappa shape index (κ2) is 10.7. The van der Waals surface area contributed by atoms with Crippen LogP contribution in [-0.2, 0) is 4.79 Å². The lowest BCUT2D eigenvalue weighted by molar-refractivity contribution is -0.127. The molecule has 2 aromatic rings. The van der Waals surface area contributed by atoms with Crippen LogP contribution in [0.5, 0.6) is 0 Å². The van der Waals surface area contributed by atoms with Gasteiger partial charge < -0.3 is 4.90 Å². The number of rotatable bonds is 9. The van der Waals surface area contributed by atoms with Gasteiger partial charge >= 0.3 is 0 Å². The molecule has 0 radical (unpaired) electrons. The lowest BCUT2D eigenvalue weighted by atomic mass is 10.00. The molecule has 1 aliphatic rings. The molecule has 160 valence electrons. The number of thioether (sulfide) groups is 1. The van der Waals surface area contributed by atoms with Crippen LogP contribution in [0.4, 0.5) is 4.39 Å². The highest BCUT2D eigenvalue weighted by molar-refractivity contribution is 8.00. The molecule has 1 saturated heterocycles. The zero-order chi connectivity index (χ0) is 21.5. The molecule has 0 aromatic heterocycles. The summed E-state index contributed by atoms with van der Waals surface area (Å²) in [7, 11) is 1.78. The number of benzene rings is 2. The van der Waals surface area contributed by atoms with Crippen LogP contribution in [0, 0.1) is 5.82 Å². The Morgan fingerprint density at radius 1 is 1.17 bits per heavy atom. The molecule has 2 atom stereocenters. The highest BCUT2D eigenvalue weighted by Crippen LogP contribution is 2.25. The molecule has 3 rings (SSSR count). The van der Waals surface area contributed by atoms with Crippen molar-refractivity contribution in [2.24, 2.45) is 0 Å². The summed E-state index contributed by atoms with van der Waals surface area (Å²) in [6.07, 6.45) is 2.89. The quantitative estimate of drug-likeness (QED) is 0.467. The number of carbonyl (C=O) groups is 2. The number of carbonyl (C=O) groups excluding carboxylic acids is 2. The smallest absolute Gasteiger partial charge is 0.232 e. The van der Waals surface area contributed by atoms with E-state index >= 15 is 0 Å². The third kappa shape index (κ3) is 6.14. The van der Waals surface area contributed by atoms with Crippen LogP contribution in [0.2, 0.25) is 0 Å². The fourth-order valence-corrected chi connectivity index (χ4v) is 4.36. The number of ketones is 1. The van der Waals surface area contributed by atoms with Crippen LogP contribution >= 0.6 is 11.8 Å². The van der Waals surface area contributed by atoms with Crippen molar-refractivity contribution in [2.75, 3.05) is 19.3 Å². The summed E-state index contributed by atoms with van der Waals surface area (Å²) in [6.45, 7) is 2.07. The van der Waals surface area contributed by atoms with Crippen molar-refractivity contribution in [3.63, 3.8) is 0 Å². The van der Waals surface area contributed by atoms with Crippen LogP contribution in [0.25, 0.3) is 0 Å². The van der Waals surface area contributed by atoms with Gasteiger partial charge in [-0.1, -0.05) is 36.4 Å². The number of amides is 1. The standard InChI is InChI=1S/C23H28FN3O2S/c1-16(28)18-10-11-22(20(24)13-18)30-15-23(29)27(2)12-6-9-19-14-21(26-25-19)17-7-4-3-5-8-17/h3-5,7-8,10-11,13,19,21,25-26H,6,9,12,14-15H2,1-2H3. The molecule has 7 heteroatoms. The van der Waals surface area contributed by atoms with Crippen LogP contribution in [-0.4, -0.2) is 42.0 Å². The van der Waals surface area contributed by atoms with Crippen molar-refractivity contribution in [3.8, 4) is 0 Å². The molecular weight excluding hydrogens is 401 g/mol. The van der Waals surface area contributed by atoms with Gasteiger partial charge in [0.25, 0.3) is 0 Å². The Morgan fingerprint density at radius 2 is 1.93 bits per heavy atom. The van der Waals surface area contributed by atoms with Gasteiger partial charge in [0.1, 0.15) is 5.82 Å². The van der Waals surface area contributed by atoms with Crippen LogP contribution in [0.1, 0.15) is 48.1 Å². The molecule has 1 amide bonds. The lowest BCUT2D eigenvalue weighted by Crippen LogP contribution is -2.33. The average molecular weight is 430 g/mol. The Labute approximate surface area is 181 Å². The molecule has 30 heavy (non-hydrogen) atoms. The van der Waals surface area contributed by atoms with Crippen molar-refractivity contribution in [1.82, 2.24) is 15.8 Å². The summed E-state index contributed by atoms with van der Waals surface area (Å²) in [5.74, 6) is -0.500. The molecule has 0 saturated carbocycles. The minimum atomic E-state index is -0.462. The minimum Gasteiger partial charge on any atom is -0.345 e. The van der Waals surface area contributed by atoms with Crippen LogP contribution < -0.4 is 10.9 Å². The van der Waals surface area contributed by atoms with E-state index < -0.39 is 5.82 Å². The first kappa shape index (κ1) is 22.5. The van der Waals surface area contributed by atoms with Crippen LogP contribution in [0.15, 0.2) is 53.4 Å². The molecule has 1 fully saturated rings. The maximum Gasteiger partial charge on any atom is 0.232 e. The summed E-state index contributed by atoms with van der Waals surface area (Å²) in [5, 5.41) is 0. The van der Waals surface area contributed by atoms with E-state index in [4.69, 9.17) is 0 Å². The first-order valence-corrected chi connectivity index (χ1v) is 11.2. The summed E-state index contributed by atoms with van der Waals surface area (Å²) < 4.78 is 14.1. The zero-order valence-electron chi connectivity index (χ0n) is 17.4. The summed E-state index contributed by atoms with van der Waals surface area (Å²) in [5.41, 5.74) is 8.31. The Bertz CT molecular complexity index is 878. The first-order chi connectivity index (χ1) is 14.4. The van der Waals surface area contributed by atoms with E-state index in [0.29, 0.717) is 29.1 Å². The molecule has 2 aromatic carbocycles. The molecule has 0 aliphatic carbocycles. The zero-order valence-corrected chi connectivity index (χ0v) is 18.2. The van der Waals surface area contributed by atoms with Crippen molar-refractivity contribution < 1.29 is 14.0 Å². The van der Waals surface area contributed by atoms with E-state index in [1.807, 2.05) is 18.2 Å². The molecule has 2 unspecified atom stereocenters. The van der Waals surface area contributed by atoms with Crippen LogP contribution in [0.3, 0.4) is 0 Å². The molecule has 0 bridgehead atoms. The number of nitrogens with zero attached hydrogens (tertiary/aromatic N) is 1. The van der Waals surface area contributed by atoms with E-state index in [1.165, 1.54) is 18.6 Å². The van der Waals surface area contributed by atoms with Gasteiger partial charge in [-0.15, -0.1) is 11.8 Å². The Kier molecular flexibility index (Phi) is 8.01. The molecule has 1 aliphatic heterocycles. The van der Waals surface area contributed by atoms with Crippen molar-refractivity contribution in [2.45, 2.75) is 43.2 Å². The Hall–Kier alpha value is -2.22. The lowest BCUT2D eigenvalue weighted by Gasteiger charge is -2.18. The Balaban J connectivity index is 1.37. The number of hydrazine groups is 1.